The number of hydrogen-bond acceptors (Lipinski definition) is 2. The molecule has 0 radical (unpaired) electrons. The molecule has 0 spiro atoms. The average molecular weight is 191 g/mol. The van der Waals surface area contributed by atoms with Gasteiger partial charge in [-0.25, -0.2) is 9.18 Å². The third-order valence-electron chi connectivity index (χ3n) is 1.99. The molecular formula is C10H6FNO2. The van der Waals surface area contributed by atoms with Crippen LogP contribution in [0.4, 0.5) is 4.39 Å². The summed E-state index contributed by atoms with van der Waals surface area (Å²) in [6, 6.07) is 4.31. The molecule has 2 rings (SSSR count). The van der Waals surface area contributed by atoms with Crippen LogP contribution < -0.4 is 0 Å². The van der Waals surface area contributed by atoms with Crippen molar-refractivity contribution in [1.29, 1.82) is 0 Å². The van der Waals surface area contributed by atoms with Crippen LogP contribution in [-0.2, 0) is 0 Å². The number of aromatic carboxylic acids is 1. The summed E-state index contributed by atoms with van der Waals surface area (Å²) in [7, 11) is 0. The van der Waals surface area contributed by atoms with Gasteiger partial charge in [-0.3, -0.25) is 4.98 Å². The molecule has 0 bridgehead atoms. The Morgan fingerprint density at radius 3 is 2.86 bits per heavy atom. The van der Waals surface area contributed by atoms with Gasteiger partial charge in [0.15, 0.2) is 0 Å². The first-order chi connectivity index (χ1) is 6.70. The molecule has 0 saturated heterocycles. The zero-order valence-corrected chi connectivity index (χ0v) is 7.07. The zero-order valence-electron chi connectivity index (χ0n) is 7.07. The Kier molecular flexibility index (Phi) is 1.89. The fraction of sp³-hybridized carbons (Fsp3) is 0. The number of carboxylic acids is 1. The van der Waals surface area contributed by atoms with Crippen molar-refractivity contribution in [2.45, 2.75) is 0 Å². The van der Waals surface area contributed by atoms with E-state index in [1.807, 2.05) is 0 Å². The highest BCUT2D eigenvalue weighted by Crippen LogP contribution is 2.20. The normalized spacial score (nSPS) is 10.4. The molecule has 70 valence electrons. The Labute approximate surface area is 78.8 Å². The number of halogens is 1. The van der Waals surface area contributed by atoms with Gasteiger partial charge in [-0.1, -0.05) is 6.07 Å². The topological polar surface area (TPSA) is 50.2 Å². The van der Waals surface area contributed by atoms with E-state index in [-0.39, 0.29) is 5.56 Å². The minimum Gasteiger partial charge on any atom is -0.478 e. The molecule has 0 atom stereocenters. The largest absolute Gasteiger partial charge is 0.478 e. The van der Waals surface area contributed by atoms with Crippen LogP contribution in [-0.4, -0.2) is 16.1 Å². The van der Waals surface area contributed by atoms with Gasteiger partial charge >= 0.3 is 5.97 Å². The van der Waals surface area contributed by atoms with Crippen molar-refractivity contribution >= 4 is 16.7 Å². The van der Waals surface area contributed by atoms with E-state index in [2.05, 4.69) is 4.98 Å². The lowest BCUT2D eigenvalue weighted by molar-refractivity contribution is 0.0694. The monoisotopic (exact) mass is 191 g/mol. The molecule has 2 aromatic rings. The lowest BCUT2D eigenvalue weighted by Gasteiger charge is -2.02. The molecule has 0 aliphatic rings. The summed E-state index contributed by atoms with van der Waals surface area (Å²) in [4.78, 5) is 14.5. The van der Waals surface area contributed by atoms with E-state index in [0.29, 0.717) is 10.8 Å². The van der Waals surface area contributed by atoms with E-state index >= 15 is 0 Å². The lowest BCUT2D eigenvalue weighted by Crippen LogP contribution is -2.01. The minimum absolute atomic E-state index is 0.319. The summed E-state index contributed by atoms with van der Waals surface area (Å²) in [6.07, 6.45) is 2.88. The minimum atomic E-state index is -1.28. The first-order valence-corrected chi connectivity index (χ1v) is 3.95. The molecule has 0 amide bonds. The molecule has 14 heavy (non-hydrogen) atoms. The summed E-state index contributed by atoms with van der Waals surface area (Å²) >= 11 is 0. The standard InChI is InChI=1S/C10H6FNO2/c11-8-2-1-6-3-4-12-5-7(6)9(8)10(13)14/h1-5H,(H,13,14). The molecule has 0 unspecified atom stereocenters. The molecule has 1 heterocycles. The maximum atomic E-state index is 13.2. The molecule has 1 aromatic carbocycles. The Morgan fingerprint density at radius 1 is 1.36 bits per heavy atom. The molecular weight excluding hydrogens is 185 g/mol. The van der Waals surface area contributed by atoms with Gasteiger partial charge in [0.1, 0.15) is 11.4 Å². The number of carbonyl (C=O) groups is 1. The molecule has 4 heteroatoms. The van der Waals surface area contributed by atoms with Crippen molar-refractivity contribution in [2.75, 3.05) is 0 Å². The van der Waals surface area contributed by atoms with Crippen LogP contribution in [0.15, 0.2) is 30.6 Å². The smallest absolute Gasteiger partial charge is 0.339 e. The molecule has 1 aromatic heterocycles. The second-order valence-electron chi connectivity index (χ2n) is 2.82. The Bertz CT molecular complexity index is 510. The molecule has 3 nitrogen and oxygen atoms in total. The van der Waals surface area contributed by atoms with Crippen molar-refractivity contribution in [1.82, 2.24) is 4.98 Å². The van der Waals surface area contributed by atoms with Gasteiger partial charge in [-0.05, 0) is 17.5 Å². The predicted molar refractivity (Wildman–Crippen MR) is 48.7 cm³/mol. The fourth-order valence-corrected chi connectivity index (χ4v) is 1.35. The Morgan fingerprint density at radius 2 is 2.14 bits per heavy atom. The zero-order chi connectivity index (χ0) is 10.1. The number of rotatable bonds is 1. The van der Waals surface area contributed by atoms with Crippen molar-refractivity contribution < 1.29 is 14.3 Å². The van der Waals surface area contributed by atoms with E-state index in [9.17, 15) is 9.18 Å². The van der Waals surface area contributed by atoms with Gasteiger partial charge < -0.3 is 5.11 Å². The van der Waals surface area contributed by atoms with Crippen LogP contribution in [0.5, 0.6) is 0 Å². The summed E-state index contributed by atoms with van der Waals surface area (Å²) in [5, 5.41) is 9.78. The first-order valence-electron chi connectivity index (χ1n) is 3.95. The second-order valence-corrected chi connectivity index (χ2v) is 2.82. The molecule has 0 aliphatic heterocycles. The van der Waals surface area contributed by atoms with Crippen LogP contribution in [0, 0.1) is 5.82 Å². The third kappa shape index (κ3) is 1.21. The Balaban J connectivity index is 2.90. The summed E-state index contributed by atoms with van der Waals surface area (Å²) < 4.78 is 13.2. The van der Waals surface area contributed by atoms with E-state index in [4.69, 9.17) is 5.11 Å². The van der Waals surface area contributed by atoms with Crippen LogP contribution in [0.3, 0.4) is 0 Å². The molecule has 0 aliphatic carbocycles. The number of benzene rings is 1. The molecule has 1 N–H and O–H groups in total. The highest BCUT2D eigenvalue weighted by molar-refractivity contribution is 6.03. The predicted octanol–water partition coefficient (Wildman–Crippen LogP) is 2.07. The van der Waals surface area contributed by atoms with E-state index in [0.717, 1.165) is 6.07 Å². The molecule has 0 fully saturated rings. The number of hydrogen-bond donors (Lipinski definition) is 1. The summed E-state index contributed by atoms with van der Waals surface area (Å²) in [6.45, 7) is 0. The lowest BCUT2D eigenvalue weighted by atomic mass is 10.1. The van der Waals surface area contributed by atoms with Crippen molar-refractivity contribution in [3.05, 3.63) is 42.0 Å². The second kappa shape index (κ2) is 3.06. The van der Waals surface area contributed by atoms with Gasteiger partial charge in [-0.15, -0.1) is 0 Å². The highest BCUT2D eigenvalue weighted by Gasteiger charge is 2.13. The summed E-state index contributed by atoms with van der Waals surface area (Å²) in [5.41, 5.74) is -0.324. The number of nitrogens with zero attached hydrogens (tertiary/aromatic N) is 1. The van der Waals surface area contributed by atoms with Gasteiger partial charge in [0.25, 0.3) is 0 Å². The van der Waals surface area contributed by atoms with Crippen LogP contribution in [0.1, 0.15) is 10.4 Å². The number of pyridine rings is 1. The van der Waals surface area contributed by atoms with Crippen molar-refractivity contribution in [3.8, 4) is 0 Å². The van der Waals surface area contributed by atoms with Crippen LogP contribution in [0.2, 0.25) is 0 Å². The van der Waals surface area contributed by atoms with Gasteiger partial charge in [-0.2, -0.15) is 0 Å². The SMILES string of the molecule is O=C(O)c1c(F)ccc2ccncc12. The van der Waals surface area contributed by atoms with Crippen LogP contribution >= 0.6 is 0 Å². The first kappa shape index (κ1) is 8.62. The van der Waals surface area contributed by atoms with Crippen LogP contribution in [0.25, 0.3) is 10.8 Å². The fourth-order valence-electron chi connectivity index (χ4n) is 1.35. The van der Waals surface area contributed by atoms with E-state index in [1.54, 1.807) is 6.07 Å². The number of fused-ring (bicyclic) bond motifs is 1. The van der Waals surface area contributed by atoms with Gasteiger partial charge in [0.05, 0.1) is 0 Å². The highest BCUT2D eigenvalue weighted by atomic mass is 19.1. The van der Waals surface area contributed by atoms with Gasteiger partial charge in [0.2, 0.25) is 0 Å². The quantitative estimate of drug-likeness (QED) is 0.750. The Hall–Kier alpha value is -1.97. The molecule has 0 saturated carbocycles. The summed E-state index contributed by atoms with van der Waals surface area (Å²) in [5.74, 6) is -2.01. The number of carboxylic acid groups (broad SMARTS) is 1. The average Bonchev–Trinajstić information content (AvgIpc) is 2.17. The van der Waals surface area contributed by atoms with Crippen molar-refractivity contribution in [2.24, 2.45) is 0 Å². The van der Waals surface area contributed by atoms with E-state index in [1.165, 1.54) is 18.5 Å². The number of aromatic nitrogens is 1. The third-order valence-corrected chi connectivity index (χ3v) is 1.99. The van der Waals surface area contributed by atoms with Crippen molar-refractivity contribution in [3.63, 3.8) is 0 Å². The van der Waals surface area contributed by atoms with Gasteiger partial charge in [0, 0.05) is 17.8 Å². The maximum Gasteiger partial charge on any atom is 0.339 e. The maximum absolute atomic E-state index is 13.2. The van der Waals surface area contributed by atoms with E-state index < -0.39 is 11.8 Å².